The van der Waals surface area contributed by atoms with Crippen LogP contribution in [0.1, 0.15) is 30.0 Å². The van der Waals surface area contributed by atoms with Crippen molar-refractivity contribution in [2.45, 2.75) is 31.4 Å². The minimum atomic E-state index is -0.177. The van der Waals surface area contributed by atoms with Crippen molar-refractivity contribution >= 4 is 5.82 Å². The SMILES string of the molecule is Oc1ccc(CNc2cc(C3CC(O)C3)ncn2)cc1. The van der Waals surface area contributed by atoms with Gasteiger partial charge in [0, 0.05) is 24.2 Å². The maximum absolute atomic E-state index is 9.34. The Bertz CT molecular complexity index is 580. The van der Waals surface area contributed by atoms with Crippen LogP contribution in [-0.2, 0) is 6.54 Å². The summed E-state index contributed by atoms with van der Waals surface area (Å²) in [6.45, 7) is 0.643. The fraction of sp³-hybridized carbons (Fsp3) is 0.333. The van der Waals surface area contributed by atoms with Crippen molar-refractivity contribution in [3.8, 4) is 5.75 Å². The lowest BCUT2D eigenvalue weighted by Crippen LogP contribution is -2.27. The lowest BCUT2D eigenvalue weighted by Gasteiger charge is -2.30. The van der Waals surface area contributed by atoms with E-state index >= 15 is 0 Å². The van der Waals surface area contributed by atoms with Gasteiger partial charge in [-0.25, -0.2) is 9.97 Å². The number of hydrogen-bond donors (Lipinski definition) is 3. The Labute approximate surface area is 117 Å². The number of phenolic OH excluding ortho intramolecular Hbond substituents is 1. The topological polar surface area (TPSA) is 78.3 Å². The van der Waals surface area contributed by atoms with Gasteiger partial charge in [-0.05, 0) is 30.5 Å². The molecule has 1 aromatic carbocycles. The van der Waals surface area contributed by atoms with Crippen molar-refractivity contribution in [3.63, 3.8) is 0 Å². The molecular weight excluding hydrogens is 254 g/mol. The minimum absolute atomic E-state index is 0.177. The number of aromatic hydroxyl groups is 1. The Hall–Kier alpha value is -2.14. The third kappa shape index (κ3) is 2.88. The average Bonchev–Trinajstić information content (AvgIpc) is 2.44. The molecule has 3 N–H and O–H groups in total. The van der Waals surface area contributed by atoms with Gasteiger partial charge in [0.15, 0.2) is 0 Å². The molecule has 20 heavy (non-hydrogen) atoms. The van der Waals surface area contributed by atoms with E-state index in [1.807, 2.05) is 18.2 Å². The predicted molar refractivity (Wildman–Crippen MR) is 75.4 cm³/mol. The molecule has 0 radical (unpaired) electrons. The number of hydrogen-bond acceptors (Lipinski definition) is 5. The number of benzene rings is 1. The van der Waals surface area contributed by atoms with Crippen molar-refractivity contribution in [1.29, 1.82) is 0 Å². The third-order valence-corrected chi connectivity index (χ3v) is 3.63. The molecule has 0 atom stereocenters. The van der Waals surface area contributed by atoms with Crippen molar-refractivity contribution in [3.05, 3.63) is 47.9 Å². The molecule has 0 aliphatic heterocycles. The number of nitrogens with one attached hydrogen (secondary N) is 1. The van der Waals surface area contributed by atoms with Gasteiger partial charge < -0.3 is 15.5 Å². The zero-order chi connectivity index (χ0) is 13.9. The molecular formula is C15H17N3O2. The highest BCUT2D eigenvalue weighted by molar-refractivity contribution is 5.38. The van der Waals surface area contributed by atoms with Crippen LogP contribution in [0.4, 0.5) is 5.82 Å². The van der Waals surface area contributed by atoms with E-state index in [4.69, 9.17) is 0 Å². The summed E-state index contributed by atoms with van der Waals surface area (Å²) >= 11 is 0. The van der Waals surface area contributed by atoms with E-state index in [1.165, 1.54) is 0 Å². The monoisotopic (exact) mass is 271 g/mol. The first-order chi connectivity index (χ1) is 9.70. The van der Waals surface area contributed by atoms with Gasteiger partial charge in [0.05, 0.1) is 6.10 Å². The second-order valence-corrected chi connectivity index (χ2v) is 5.17. The molecule has 3 rings (SSSR count). The van der Waals surface area contributed by atoms with E-state index in [2.05, 4.69) is 15.3 Å². The molecule has 104 valence electrons. The second kappa shape index (κ2) is 5.46. The van der Waals surface area contributed by atoms with Crippen LogP contribution in [0.2, 0.25) is 0 Å². The van der Waals surface area contributed by atoms with E-state index < -0.39 is 0 Å². The third-order valence-electron chi connectivity index (χ3n) is 3.63. The van der Waals surface area contributed by atoms with Crippen molar-refractivity contribution in [2.75, 3.05) is 5.32 Å². The van der Waals surface area contributed by atoms with Crippen LogP contribution < -0.4 is 5.32 Å². The van der Waals surface area contributed by atoms with Gasteiger partial charge in [0.1, 0.15) is 17.9 Å². The molecule has 0 amide bonds. The van der Waals surface area contributed by atoms with Gasteiger partial charge in [-0.2, -0.15) is 0 Å². The summed E-state index contributed by atoms with van der Waals surface area (Å²) in [5.74, 6) is 1.40. The molecule has 0 unspecified atom stereocenters. The number of phenols is 1. The number of rotatable bonds is 4. The van der Waals surface area contributed by atoms with Crippen molar-refractivity contribution in [1.82, 2.24) is 9.97 Å². The molecule has 1 fully saturated rings. The number of nitrogens with zero attached hydrogens (tertiary/aromatic N) is 2. The fourth-order valence-corrected chi connectivity index (χ4v) is 2.33. The Morgan fingerprint density at radius 2 is 1.90 bits per heavy atom. The van der Waals surface area contributed by atoms with E-state index in [-0.39, 0.29) is 11.9 Å². The highest BCUT2D eigenvalue weighted by Crippen LogP contribution is 2.35. The first-order valence-electron chi connectivity index (χ1n) is 6.72. The zero-order valence-corrected chi connectivity index (χ0v) is 11.0. The van der Waals surface area contributed by atoms with Crippen LogP contribution >= 0.6 is 0 Å². The normalized spacial score (nSPS) is 21.2. The van der Waals surface area contributed by atoms with Gasteiger partial charge in [-0.15, -0.1) is 0 Å². The van der Waals surface area contributed by atoms with E-state index in [0.717, 1.165) is 29.9 Å². The van der Waals surface area contributed by atoms with E-state index in [9.17, 15) is 10.2 Å². The summed E-state index contributed by atoms with van der Waals surface area (Å²) in [6.07, 6.45) is 2.95. The van der Waals surface area contributed by atoms with Crippen molar-refractivity contribution in [2.24, 2.45) is 0 Å². The molecule has 0 bridgehead atoms. The van der Waals surface area contributed by atoms with Crippen molar-refractivity contribution < 1.29 is 10.2 Å². The van der Waals surface area contributed by atoms with Crippen LogP contribution in [-0.4, -0.2) is 26.3 Å². The van der Waals surface area contributed by atoms with Gasteiger partial charge in [0.2, 0.25) is 0 Å². The van der Waals surface area contributed by atoms with Gasteiger partial charge >= 0.3 is 0 Å². The summed E-state index contributed by atoms with van der Waals surface area (Å²) in [5, 5.41) is 21.8. The van der Waals surface area contributed by atoms with Crippen LogP contribution in [0.3, 0.4) is 0 Å². The number of aliphatic hydroxyl groups excluding tert-OH is 1. The first-order valence-corrected chi connectivity index (χ1v) is 6.72. The predicted octanol–water partition coefficient (Wildman–Crippen LogP) is 2.03. The highest BCUT2D eigenvalue weighted by atomic mass is 16.3. The van der Waals surface area contributed by atoms with E-state index in [0.29, 0.717) is 12.5 Å². The molecule has 1 aromatic heterocycles. The quantitative estimate of drug-likeness (QED) is 0.793. The minimum Gasteiger partial charge on any atom is -0.508 e. The molecule has 1 aliphatic rings. The second-order valence-electron chi connectivity index (χ2n) is 5.17. The number of anilines is 1. The zero-order valence-electron chi connectivity index (χ0n) is 11.0. The van der Waals surface area contributed by atoms with Crippen LogP contribution in [0.5, 0.6) is 5.75 Å². The summed E-state index contributed by atoms with van der Waals surface area (Å²) in [7, 11) is 0. The molecule has 5 heteroatoms. The highest BCUT2D eigenvalue weighted by Gasteiger charge is 2.29. The standard InChI is InChI=1S/C15H17N3O2/c19-12-3-1-10(2-4-12)8-16-15-7-14(17-9-18-15)11-5-13(20)6-11/h1-4,7,9,11,13,19-20H,5-6,8H2,(H,16,17,18). The fourth-order valence-electron chi connectivity index (χ4n) is 2.33. The summed E-state index contributed by atoms with van der Waals surface area (Å²) in [5.41, 5.74) is 2.06. The molecule has 2 aromatic rings. The van der Waals surface area contributed by atoms with Crippen LogP contribution in [0, 0.1) is 0 Å². The lowest BCUT2D eigenvalue weighted by atomic mass is 9.80. The van der Waals surface area contributed by atoms with E-state index in [1.54, 1.807) is 18.5 Å². The number of aromatic nitrogens is 2. The summed E-state index contributed by atoms with van der Waals surface area (Å²) in [4.78, 5) is 8.46. The first kappa shape index (κ1) is 12.9. The maximum Gasteiger partial charge on any atom is 0.129 e. The van der Waals surface area contributed by atoms with Gasteiger partial charge in [-0.3, -0.25) is 0 Å². The summed E-state index contributed by atoms with van der Waals surface area (Å²) < 4.78 is 0. The Morgan fingerprint density at radius 1 is 1.15 bits per heavy atom. The van der Waals surface area contributed by atoms with Gasteiger partial charge in [0.25, 0.3) is 0 Å². The maximum atomic E-state index is 9.34. The molecule has 1 saturated carbocycles. The van der Waals surface area contributed by atoms with Crippen LogP contribution in [0.25, 0.3) is 0 Å². The molecule has 0 saturated heterocycles. The Morgan fingerprint density at radius 3 is 2.60 bits per heavy atom. The Balaban J connectivity index is 1.62. The average molecular weight is 271 g/mol. The van der Waals surface area contributed by atoms with Gasteiger partial charge in [-0.1, -0.05) is 12.1 Å². The number of aliphatic hydroxyl groups is 1. The molecule has 1 heterocycles. The Kier molecular flexibility index (Phi) is 3.52. The molecule has 0 spiro atoms. The summed E-state index contributed by atoms with van der Waals surface area (Å²) in [6, 6.07) is 9.01. The largest absolute Gasteiger partial charge is 0.508 e. The molecule has 5 nitrogen and oxygen atoms in total. The molecule has 1 aliphatic carbocycles. The van der Waals surface area contributed by atoms with Crippen LogP contribution in [0.15, 0.2) is 36.7 Å². The lowest BCUT2D eigenvalue weighted by molar-refractivity contribution is 0.0732. The smallest absolute Gasteiger partial charge is 0.129 e.